The molecule has 1 aliphatic rings. The average molecular weight is 374 g/mol. The highest BCUT2D eigenvalue weighted by molar-refractivity contribution is 5.94. The van der Waals surface area contributed by atoms with Crippen molar-refractivity contribution in [2.45, 2.75) is 25.6 Å². The van der Waals surface area contributed by atoms with Crippen LogP contribution in [0.1, 0.15) is 23.2 Å². The van der Waals surface area contributed by atoms with E-state index in [0.29, 0.717) is 17.9 Å². The summed E-state index contributed by atoms with van der Waals surface area (Å²) in [5.74, 6) is 0.0696. The number of halogens is 4. The minimum Gasteiger partial charge on any atom is -0.439 e. The van der Waals surface area contributed by atoms with Gasteiger partial charge >= 0.3 is 6.18 Å². The molecule has 1 aliphatic heterocycles. The molecule has 2 heterocycles. The van der Waals surface area contributed by atoms with Gasteiger partial charge in [0.2, 0.25) is 11.8 Å². The van der Waals surface area contributed by atoms with Crippen molar-refractivity contribution in [1.82, 2.24) is 4.98 Å². The lowest BCUT2D eigenvalue weighted by Crippen LogP contribution is -2.19. The highest BCUT2D eigenvalue weighted by Gasteiger charge is 2.33. The summed E-state index contributed by atoms with van der Waals surface area (Å²) >= 11 is 0. The second-order valence-corrected chi connectivity index (χ2v) is 5.33. The molecule has 5 nitrogen and oxygen atoms in total. The largest absolute Gasteiger partial charge is 0.439 e. The van der Waals surface area contributed by atoms with Crippen LogP contribution in [0.15, 0.2) is 30.3 Å². The van der Waals surface area contributed by atoms with Crippen LogP contribution in [0.4, 0.5) is 18.9 Å². The summed E-state index contributed by atoms with van der Waals surface area (Å²) in [6.07, 6.45) is -3.86. The maximum Gasteiger partial charge on any atom is 0.433 e. The Balaban J connectivity index is 0.00000225. The van der Waals surface area contributed by atoms with Gasteiger partial charge in [0.15, 0.2) is 0 Å². The summed E-state index contributed by atoms with van der Waals surface area (Å²) < 4.78 is 44.4. The molecule has 2 aromatic rings. The van der Waals surface area contributed by atoms with Crippen LogP contribution in [-0.2, 0) is 23.9 Å². The Labute approximate surface area is 147 Å². The number of nitrogens with two attached hydrogens (primary N) is 1. The summed E-state index contributed by atoms with van der Waals surface area (Å²) in [5.41, 5.74) is 5.98. The van der Waals surface area contributed by atoms with Crippen molar-refractivity contribution >= 4 is 24.0 Å². The van der Waals surface area contributed by atoms with E-state index in [1.807, 2.05) is 0 Å². The van der Waals surface area contributed by atoms with Crippen LogP contribution < -0.4 is 15.8 Å². The summed E-state index contributed by atoms with van der Waals surface area (Å²) in [7, 11) is 0. The van der Waals surface area contributed by atoms with E-state index in [1.54, 1.807) is 18.2 Å². The molecule has 3 rings (SSSR count). The van der Waals surface area contributed by atoms with Gasteiger partial charge in [0, 0.05) is 30.3 Å². The molecule has 0 aliphatic carbocycles. The molecule has 0 radical (unpaired) electrons. The Morgan fingerprint density at radius 2 is 2.00 bits per heavy atom. The number of anilines is 1. The fraction of sp³-hybridized carbons (Fsp3) is 0.250. The topological polar surface area (TPSA) is 77.2 Å². The number of rotatable bonds is 3. The first-order valence-corrected chi connectivity index (χ1v) is 7.24. The molecule has 25 heavy (non-hydrogen) atoms. The molecule has 0 atom stereocenters. The van der Waals surface area contributed by atoms with Crippen molar-refractivity contribution in [3.63, 3.8) is 0 Å². The number of benzene rings is 1. The zero-order chi connectivity index (χ0) is 17.3. The quantitative estimate of drug-likeness (QED) is 0.860. The zero-order valence-corrected chi connectivity index (χ0v) is 13.7. The molecule has 9 heteroatoms. The van der Waals surface area contributed by atoms with E-state index < -0.39 is 11.9 Å². The van der Waals surface area contributed by atoms with Crippen LogP contribution in [0, 0.1) is 0 Å². The molecule has 1 amide bonds. The van der Waals surface area contributed by atoms with Gasteiger partial charge in [-0.15, -0.1) is 12.4 Å². The average Bonchev–Trinajstić information content (AvgIpc) is 2.53. The summed E-state index contributed by atoms with van der Waals surface area (Å²) in [6, 6.07) is 7.26. The molecule has 134 valence electrons. The molecule has 0 fully saturated rings. The van der Waals surface area contributed by atoms with Gasteiger partial charge in [0.25, 0.3) is 0 Å². The molecular weight excluding hydrogens is 359 g/mol. The van der Waals surface area contributed by atoms with Crippen LogP contribution in [0.2, 0.25) is 0 Å². The number of carbonyl (C=O) groups excluding carboxylic acids is 1. The van der Waals surface area contributed by atoms with Crippen LogP contribution in [-0.4, -0.2) is 10.9 Å². The number of hydrogen-bond donors (Lipinski definition) is 2. The van der Waals surface area contributed by atoms with Crippen molar-refractivity contribution in [1.29, 1.82) is 0 Å². The van der Waals surface area contributed by atoms with Crippen LogP contribution >= 0.6 is 12.4 Å². The fourth-order valence-electron chi connectivity index (χ4n) is 2.47. The van der Waals surface area contributed by atoms with E-state index >= 15 is 0 Å². The second-order valence-electron chi connectivity index (χ2n) is 5.33. The third kappa shape index (κ3) is 4.21. The Bertz CT molecular complexity index is 797. The standard InChI is InChI=1S/C16H14F3N3O2.ClH/c17-16(18,19)13-6-9(8-20)7-15(22-13)24-12-3-1-2-11-10(12)4-5-14(23)21-11;/h1-3,6-7H,4-5,8,20H2,(H,21,23);1H. The lowest BCUT2D eigenvalue weighted by molar-refractivity contribution is -0.141. The Hall–Kier alpha value is -2.32. The SMILES string of the molecule is Cl.NCc1cc(Oc2cccc3c2CCC(=O)N3)nc(C(F)(F)F)c1. The maximum absolute atomic E-state index is 12.9. The van der Waals surface area contributed by atoms with Crippen molar-refractivity contribution in [3.8, 4) is 11.6 Å². The smallest absolute Gasteiger partial charge is 0.433 e. The fourth-order valence-corrected chi connectivity index (χ4v) is 2.47. The van der Waals surface area contributed by atoms with Gasteiger partial charge in [0.05, 0.1) is 0 Å². The first-order chi connectivity index (χ1) is 11.4. The minimum atomic E-state index is -4.59. The lowest BCUT2D eigenvalue weighted by Gasteiger charge is -2.20. The summed E-state index contributed by atoms with van der Waals surface area (Å²) in [5, 5.41) is 2.70. The van der Waals surface area contributed by atoms with E-state index in [4.69, 9.17) is 10.5 Å². The molecule has 1 aromatic carbocycles. The summed E-state index contributed by atoms with van der Waals surface area (Å²) in [4.78, 5) is 15.0. The van der Waals surface area contributed by atoms with Crippen LogP contribution in [0.3, 0.4) is 0 Å². The van der Waals surface area contributed by atoms with Crippen molar-refractivity contribution < 1.29 is 22.7 Å². The second kappa shape index (κ2) is 7.28. The third-order valence-electron chi connectivity index (χ3n) is 3.61. The number of aromatic nitrogens is 1. The first-order valence-electron chi connectivity index (χ1n) is 7.24. The molecule has 0 saturated heterocycles. The lowest BCUT2D eigenvalue weighted by atomic mass is 10.0. The van der Waals surface area contributed by atoms with Gasteiger partial charge in [-0.2, -0.15) is 13.2 Å². The first kappa shape index (κ1) is 19.0. The van der Waals surface area contributed by atoms with Gasteiger partial charge in [-0.3, -0.25) is 4.79 Å². The van der Waals surface area contributed by atoms with E-state index in [9.17, 15) is 18.0 Å². The number of fused-ring (bicyclic) bond motifs is 1. The normalized spacial score (nSPS) is 13.5. The number of alkyl halides is 3. The van der Waals surface area contributed by atoms with Gasteiger partial charge in [-0.05, 0) is 30.2 Å². The van der Waals surface area contributed by atoms with Crippen molar-refractivity contribution in [2.24, 2.45) is 5.73 Å². The Kier molecular flexibility index (Phi) is 5.54. The molecule has 0 bridgehead atoms. The molecule has 3 N–H and O–H groups in total. The molecule has 1 aromatic heterocycles. The van der Waals surface area contributed by atoms with Crippen LogP contribution in [0.5, 0.6) is 11.6 Å². The predicted octanol–water partition coefficient (Wildman–Crippen LogP) is 3.66. The highest BCUT2D eigenvalue weighted by Crippen LogP contribution is 2.35. The number of carbonyl (C=O) groups is 1. The van der Waals surface area contributed by atoms with Crippen molar-refractivity contribution in [2.75, 3.05) is 5.32 Å². The third-order valence-corrected chi connectivity index (χ3v) is 3.61. The molecule has 0 spiro atoms. The molecule has 0 unspecified atom stereocenters. The predicted molar refractivity (Wildman–Crippen MR) is 87.8 cm³/mol. The van der Waals surface area contributed by atoms with Gasteiger partial charge in [-0.1, -0.05) is 6.07 Å². The maximum atomic E-state index is 12.9. The number of pyridine rings is 1. The van der Waals surface area contributed by atoms with Crippen molar-refractivity contribution in [3.05, 3.63) is 47.2 Å². The number of nitrogens with one attached hydrogen (secondary N) is 1. The zero-order valence-electron chi connectivity index (χ0n) is 12.9. The van der Waals surface area contributed by atoms with E-state index in [0.717, 1.165) is 11.6 Å². The Morgan fingerprint density at radius 1 is 1.24 bits per heavy atom. The molecule has 0 saturated carbocycles. The van der Waals surface area contributed by atoms with E-state index in [1.165, 1.54) is 6.07 Å². The Morgan fingerprint density at radius 3 is 2.68 bits per heavy atom. The number of hydrogen-bond acceptors (Lipinski definition) is 4. The number of nitrogens with zero attached hydrogens (tertiary/aromatic N) is 1. The highest BCUT2D eigenvalue weighted by atomic mass is 35.5. The van der Waals surface area contributed by atoms with E-state index in [2.05, 4.69) is 10.3 Å². The van der Waals surface area contributed by atoms with Gasteiger partial charge in [-0.25, -0.2) is 4.98 Å². The number of ether oxygens (including phenoxy) is 1. The monoisotopic (exact) mass is 373 g/mol. The molecular formula is C16H15ClF3N3O2. The van der Waals surface area contributed by atoms with Crippen LogP contribution in [0.25, 0.3) is 0 Å². The number of amides is 1. The van der Waals surface area contributed by atoms with Gasteiger partial charge < -0.3 is 15.8 Å². The van der Waals surface area contributed by atoms with Gasteiger partial charge in [0.1, 0.15) is 11.4 Å². The minimum absolute atomic E-state index is 0. The van der Waals surface area contributed by atoms with E-state index in [-0.39, 0.29) is 42.7 Å². The summed E-state index contributed by atoms with van der Waals surface area (Å²) in [6.45, 7) is -0.0646.